The van der Waals surface area contributed by atoms with E-state index in [-0.39, 0.29) is 5.56 Å². The Morgan fingerprint density at radius 3 is 2.90 bits per heavy atom. The number of rotatable bonds is 4. The average molecular weight is 282 g/mol. The average Bonchev–Trinajstić information content (AvgIpc) is 2.87. The van der Waals surface area contributed by atoms with E-state index in [4.69, 9.17) is 9.84 Å². The number of hydrogen-bond acceptors (Lipinski definition) is 3. The third-order valence-corrected chi connectivity index (χ3v) is 3.23. The summed E-state index contributed by atoms with van der Waals surface area (Å²) in [4.78, 5) is 15.4. The van der Waals surface area contributed by atoms with E-state index >= 15 is 0 Å². The number of nitrogens with zero attached hydrogens (tertiary/aromatic N) is 2. The Kier molecular flexibility index (Phi) is 3.31. The van der Waals surface area contributed by atoms with Gasteiger partial charge >= 0.3 is 5.97 Å². The van der Waals surface area contributed by atoms with E-state index in [9.17, 15) is 4.79 Å². The van der Waals surface area contributed by atoms with Crippen LogP contribution in [-0.2, 0) is 6.61 Å². The summed E-state index contributed by atoms with van der Waals surface area (Å²) in [6, 6.07) is 10.7. The molecule has 2 heterocycles. The molecule has 5 nitrogen and oxygen atoms in total. The predicted molar refractivity (Wildman–Crippen MR) is 77.7 cm³/mol. The fourth-order valence-corrected chi connectivity index (χ4v) is 2.18. The van der Waals surface area contributed by atoms with E-state index in [1.54, 1.807) is 25.1 Å². The van der Waals surface area contributed by atoms with Crippen molar-refractivity contribution in [3.05, 3.63) is 65.6 Å². The highest BCUT2D eigenvalue weighted by atomic mass is 16.5. The van der Waals surface area contributed by atoms with Crippen molar-refractivity contribution in [1.82, 2.24) is 9.38 Å². The summed E-state index contributed by atoms with van der Waals surface area (Å²) in [6.07, 6.45) is 3.84. The van der Waals surface area contributed by atoms with Crippen LogP contribution >= 0.6 is 0 Å². The second kappa shape index (κ2) is 5.28. The van der Waals surface area contributed by atoms with Gasteiger partial charge in [-0.2, -0.15) is 0 Å². The normalized spacial score (nSPS) is 10.7. The number of pyridine rings is 1. The lowest BCUT2D eigenvalue weighted by Gasteiger charge is -2.06. The molecule has 0 amide bonds. The second-order valence-corrected chi connectivity index (χ2v) is 4.77. The number of carbonyl (C=O) groups is 1. The highest BCUT2D eigenvalue weighted by Gasteiger charge is 2.08. The lowest BCUT2D eigenvalue weighted by molar-refractivity contribution is 0.0696. The summed E-state index contributed by atoms with van der Waals surface area (Å²) in [7, 11) is 0. The summed E-state index contributed by atoms with van der Waals surface area (Å²) < 4.78 is 7.60. The fraction of sp³-hybridized carbons (Fsp3) is 0.125. The van der Waals surface area contributed by atoms with Gasteiger partial charge < -0.3 is 14.2 Å². The third kappa shape index (κ3) is 2.72. The first-order valence-electron chi connectivity index (χ1n) is 6.53. The van der Waals surface area contributed by atoms with Crippen LogP contribution in [0.25, 0.3) is 5.65 Å². The molecule has 0 aliphatic rings. The summed E-state index contributed by atoms with van der Waals surface area (Å²) in [5.41, 5.74) is 2.65. The standard InChI is InChI=1S/C16H14N2O3/c1-11-8-13(5-6-14(11)16(19)20)21-10-12-9-18-7-3-2-4-15(18)17-12/h2-9H,10H2,1H3,(H,19,20). The van der Waals surface area contributed by atoms with E-state index in [0.717, 1.165) is 11.3 Å². The molecular formula is C16H14N2O3. The molecule has 5 heteroatoms. The maximum absolute atomic E-state index is 11.0. The number of aromatic nitrogens is 2. The Bertz CT molecular complexity index is 775. The molecule has 2 aromatic heterocycles. The van der Waals surface area contributed by atoms with Crippen LogP contribution < -0.4 is 4.74 Å². The first-order chi connectivity index (χ1) is 10.1. The molecule has 0 fully saturated rings. The fourth-order valence-electron chi connectivity index (χ4n) is 2.18. The molecule has 21 heavy (non-hydrogen) atoms. The predicted octanol–water partition coefficient (Wildman–Crippen LogP) is 2.92. The number of imidazole rings is 1. The van der Waals surface area contributed by atoms with Crippen molar-refractivity contribution in [2.45, 2.75) is 13.5 Å². The van der Waals surface area contributed by atoms with Crippen LogP contribution in [0.15, 0.2) is 48.8 Å². The highest BCUT2D eigenvalue weighted by molar-refractivity contribution is 5.89. The summed E-state index contributed by atoms with van der Waals surface area (Å²) in [6.45, 7) is 2.09. The van der Waals surface area contributed by atoms with Crippen LogP contribution in [0.5, 0.6) is 5.75 Å². The zero-order valence-electron chi connectivity index (χ0n) is 11.5. The minimum Gasteiger partial charge on any atom is -0.487 e. The Morgan fingerprint density at radius 1 is 1.33 bits per heavy atom. The number of aromatic carboxylic acids is 1. The minimum absolute atomic E-state index is 0.287. The van der Waals surface area contributed by atoms with Crippen molar-refractivity contribution in [1.29, 1.82) is 0 Å². The van der Waals surface area contributed by atoms with Crippen LogP contribution in [0, 0.1) is 6.92 Å². The molecule has 0 radical (unpaired) electrons. The van der Waals surface area contributed by atoms with Crippen molar-refractivity contribution in [2.75, 3.05) is 0 Å². The van der Waals surface area contributed by atoms with Gasteiger partial charge in [-0.15, -0.1) is 0 Å². The Hall–Kier alpha value is -2.82. The SMILES string of the molecule is Cc1cc(OCc2cn3ccccc3n2)ccc1C(=O)O. The van der Waals surface area contributed by atoms with Gasteiger partial charge in [0.05, 0.1) is 11.3 Å². The van der Waals surface area contributed by atoms with Gasteiger partial charge in [-0.25, -0.2) is 9.78 Å². The Morgan fingerprint density at radius 2 is 2.19 bits per heavy atom. The maximum atomic E-state index is 11.0. The molecule has 0 bridgehead atoms. The van der Waals surface area contributed by atoms with E-state index in [0.29, 0.717) is 17.9 Å². The lowest BCUT2D eigenvalue weighted by atomic mass is 10.1. The molecular weight excluding hydrogens is 268 g/mol. The topological polar surface area (TPSA) is 63.8 Å². The zero-order chi connectivity index (χ0) is 14.8. The van der Waals surface area contributed by atoms with E-state index in [1.165, 1.54) is 0 Å². The molecule has 3 rings (SSSR count). The molecule has 0 saturated heterocycles. The van der Waals surface area contributed by atoms with E-state index in [1.807, 2.05) is 35.0 Å². The molecule has 0 spiro atoms. The summed E-state index contributed by atoms with van der Waals surface area (Å²) in [5.74, 6) is -0.297. The van der Waals surface area contributed by atoms with Crippen molar-refractivity contribution in [3.8, 4) is 5.75 Å². The largest absolute Gasteiger partial charge is 0.487 e. The second-order valence-electron chi connectivity index (χ2n) is 4.77. The van der Waals surface area contributed by atoms with Gasteiger partial charge in [0.2, 0.25) is 0 Å². The number of carboxylic acid groups (broad SMARTS) is 1. The van der Waals surface area contributed by atoms with Gasteiger partial charge in [0.25, 0.3) is 0 Å². The first kappa shape index (κ1) is 13.2. The van der Waals surface area contributed by atoms with Gasteiger partial charge in [0, 0.05) is 12.4 Å². The first-order valence-corrected chi connectivity index (χ1v) is 6.53. The minimum atomic E-state index is -0.931. The molecule has 0 aliphatic carbocycles. The highest BCUT2D eigenvalue weighted by Crippen LogP contribution is 2.18. The molecule has 1 aromatic carbocycles. The monoisotopic (exact) mass is 282 g/mol. The van der Waals surface area contributed by atoms with E-state index < -0.39 is 5.97 Å². The van der Waals surface area contributed by atoms with E-state index in [2.05, 4.69) is 4.98 Å². The number of ether oxygens (including phenoxy) is 1. The molecule has 0 atom stereocenters. The van der Waals surface area contributed by atoms with Crippen LogP contribution in [0.2, 0.25) is 0 Å². The zero-order valence-corrected chi connectivity index (χ0v) is 11.5. The number of benzene rings is 1. The maximum Gasteiger partial charge on any atom is 0.335 e. The molecule has 0 saturated carbocycles. The van der Waals surface area contributed by atoms with Gasteiger partial charge in [0.1, 0.15) is 18.0 Å². The van der Waals surface area contributed by atoms with Gasteiger partial charge in [-0.3, -0.25) is 0 Å². The molecule has 106 valence electrons. The molecule has 0 unspecified atom stereocenters. The lowest BCUT2D eigenvalue weighted by Crippen LogP contribution is -2.01. The van der Waals surface area contributed by atoms with Crippen molar-refractivity contribution in [3.63, 3.8) is 0 Å². The van der Waals surface area contributed by atoms with Crippen molar-refractivity contribution in [2.24, 2.45) is 0 Å². The van der Waals surface area contributed by atoms with Gasteiger partial charge in [-0.05, 0) is 42.8 Å². The van der Waals surface area contributed by atoms with Crippen molar-refractivity contribution >= 4 is 11.6 Å². The molecule has 1 N–H and O–H groups in total. The van der Waals surface area contributed by atoms with Crippen LogP contribution in [-0.4, -0.2) is 20.5 Å². The number of carboxylic acids is 1. The quantitative estimate of drug-likeness (QED) is 0.799. The molecule has 3 aromatic rings. The van der Waals surface area contributed by atoms with Crippen LogP contribution in [0.4, 0.5) is 0 Å². The summed E-state index contributed by atoms with van der Waals surface area (Å²) >= 11 is 0. The van der Waals surface area contributed by atoms with Crippen molar-refractivity contribution < 1.29 is 14.6 Å². The van der Waals surface area contributed by atoms with Crippen LogP contribution in [0.3, 0.4) is 0 Å². The summed E-state index contributed by atoms with van der Waals surface area (Å²) in [5, 5.41) is 8.99. The number of aryl methyl sites for hydroxylation is 1. The Balaban J connectivity index is 1.75. The van der Waals surface area contributed by atoms with Gasteiger partial charge in [-0.1, -0.05) is 6.07 Å². The molecule has 0 aliphatic heterocycles. The smallest absolute Gasteiger partial charge is 0.335 e. The number of hydrogen-bond donors (Lipinski definition) is 1. The van der Waals surface area contributed by atoms with Crippen LogP contribution in [0.1, 0.15) is 21.6 Å². The van der Waals surface area contributed by atoms with Gasteiger partial charge in [0.15, 0.2) is 0 Å². The Labute approximate surface area is 121 Å². The number of fused-ring (bicyclic) bond motifs is 1. The third-order valence-electron chi connectivity index (χ3n) is 3.23.